The third kappa shape index (κ3) is 3.57. The summed E-state index contributed by atoms with van der Waals surface area (Å²) in [7, 11) is 1.50. The second-order valence-corrected chi connectivity index (χ2v) is 6.84. The molecule has 2 aliphatic heterocycles. The number of amides is 1. The monoisotopic (exact) mass is 348 g/mol. The largest absolute Gasteiger partial charge is 0.504 e. The summed E-state index contributed by atoms with van der Waals surface area (Å²) >= 11 is 1.42. The van der Waals surface area contributed by atoms with Crippen LogP contribution in [0.15, 0.2) is 28.1 Å². The van der Waals surface area contributed by atoms with E-state index in [1.54, 1.807) is 29.2 Å². The van der Waals surface area contributed by atoms with Gasteiger partial charge in [-0.25, -0.2) is 0 Å². The lowest BCUT2D eigenvalue weighted by Gasteiger charge is -2.32. The Balaban J connectivity index is 1.71. The van der Waals surface area contributed by atoms with E-state index in [9.17, 15) is 9.90 Å². The number of quaternary nitrogens is 1. The first-order chi connectivity index (χ1) is 11.6. The predicted octanol–water partition coefficient (Wildman–Crippen LogP) is 0.592. The van der Waals surface area contributed by atoms with E-state index in [1.807, 2.05) is 0 Å². The average molecular weight is 348 g/mol. The molecule has 1 aromatic rings. The highest BCUT2D eigenvalue weighted by atomic mass is 32.2. The lowest BCUT2D eigenvalue weighted by atomic mass is 10.2. The Morgan fingerprint density at radius 1 is 1.42 bits per heavy atom. The molecule has 0 unspecified atom stereocenters. The Morgan fingerprint density at radius 3 is 2.83 bits per heavy atom. The quantitative estimate of drug-likeness (QED) is 0.783. The average Bonchev–Trinajstić information content (AvgIpc) is 2.97. The maximum Gasteiger partial charge on any atom is 0.286 e. The smallest absolute Gasteiger partial charge is 0.286 e. The van der Waals surface area contributed by atoms with E-state index >= 15 is 0 Å². The molecule has 1 saturated heterocycles. The van der Waals surface area contributed by atoms with Crippen molar-refractivity contribution in [2.45, 2.75) is 6.92 Å². The van der Waals surface area contributed by atoms with Gasteiger partial charge in [0.2, 0.25) is 0 Å². The molecule has 0 bridgehead atoms. The number of hydrogen-bond acceptors (Lipinski definition) is 5. The van der Waals surface area contributed by atoms with Crippen LogP contribution in [0.1, 0.15) is 12.5 Å². The van der Waals surface area contributed by atoms with Crippen LogP contribution in [-0.2, 0) is 4.79 Å². The number of nitrogens with one attached hydrogen (secondary N) is 1. The first-order valence-corrected chi connectivity index (χ1v) is 8.90. The van der Waals surface area contributed by atoms with Crippen LogP contribution in [0.25, 0.3) is 6.08 Å². The van der Waals surface area contributed by atoms with E-state index in [1.165, 1.54) is 18.9 Å². The van der Waals surface area contributed by atoms with Gasteiger partial charge in [0.15, 0.2) is 16.7 Å². The molecule has 0 aliphatic carbocycles. The molecule has 6 nitrogen and oxygen atoms in total. The lowest BCUT2D eigenvalue weighted by Crippen LogP contribution is -3.14. The minimum atomic E-state index is -0.202. The summed E-state index contributed by atoms with van der Waals surface area (Å²) in [5.41, 5.74) is 0.803. The number of rotatable bonds is 3. The molecular formula is C17H22N3O3S+. The number of carbonyl (C=O) groups excluding carboxylic acids is 1. The van der Waals surface area contributed by atoms with E-state index in [4.69, 9.17) is 4.74 Å². The number of likely N-dealkylation sites (N-methyl/N-ethyl adjacent to an activating group) is 1. The zero-order valence-electron chi connectivity index (χ0n) is 13.9. The number of phenols is 1. The van der Waals surface area contributed by atoms with Crippen molar-refractivity contribution < 1.29 is 19.5 Å². The van der Waals surface area contributed by atoms with Crippen molar-refractivity contribution in [2.75, 3.05) is 39.8 Å². The Hall–Kier alpha value is -1.99. The Kier molecular flexibility index (Phi) is 5.11. The van der Waals surface area contributed by atoms with E-state index in [0.717, 1.165) is 43.5 Å². The highest BCUT2D eigenvalue weighted by Gasteiger charge is 2.29. The molecule has 0 atom stereocenters. The number of aliphatic imine (C=N–C) groups is 1. The second kappa shape index (κ2) is 7.27. The summed E-state index contributed by atoms with van der Waals surface area (Å²) < 4.78 is 5.10. The number of carbonyl (C=O) groups is 1. The highest BCUT2D eigenvalue weighted by Crippen LogP contribution is 2.32. The van der Waals surface area contributed by atoms with Crippen LogP contribution in [0.4, 0.5) is 0 Å². The van der Waals surface area contributed by atoms with Gasteiger partial charge >= 0.3 is 0 Å². The Labute approximate surface area is 145 Å². The summed E-state index contributed by atoms with van der Waals surface area (Å²) in [6, 6.07) is 5.02. The third-order valence-electron chi connectivity index (χ3n) is 4.35. The topological polar surface area (TPSA) is 66.6 Å². The number of phenolic OH excluding ortho intramolecular Hbond substituents is 1. The minimum absolute atomic E-state index is 0.0817. The zero-order valence-corrected chi connectivity index (χ0v) is 14.7. The number of amidine groups is 1. The molecule has 2 heterocycles. The molecular weight excluding hydrogens is 326 g/mol. The number of hydrogen-bond donors (Lipinski definition) is 2. The van der Waals surface area contributed by atoms with Gasteiger partial charge in [-0.05, 0) is 42.5 Å². The van der Waals surface area contributed by atoms with Crippen LogP contribution < -0.4 is 9.64 Å². The zero-order chi connectivity index (χ0) is 17.1. The molecule has 0 aromatic heterocycles. The summed E-state index contributed by atoms with van der Waals surface area (Å²) in [6.45, 7) is 7.37. The first-order valence-electron chi connectivity index (χ1n) is 8.08. The van der Waals surface area contributed by atoms with Gasteiger partial charge in [-0.2, -0.15) is 4.99 Å². The first kappa shape index (κ1) is 16.9. The number of methoxy groups -OCH3 is 1. The molecule has 3 rings (SSSR count). The maximum absolute atomic E-state index is 12.2. The van der Waals surface area contributed by atoms with Crippen molar-refractivity contribution in [1.29, 1.82) is 0 Å². The Bertz CT molecular complexity index is 694. The van der Waals surface area contributed by atoms with Gasteiger partial charge in [0.25, 0.3) is 5.91 Å². The van der Waals surface area contributed by atoms with Crippen LogP contribution >= 0.6 is 11.8 Å². The fraction of sp³-hybridized carbons (Fsp3) is 0.412. The summed E-state index contributed by atoms with van der Waals surface area (Å²) in [5.74, 6) is 0.269. The van der Waals surface area contributed by atoms with E-state index in [-0.39, 0.29) is 11.7 Å². The Morgan fingerprint density at radius 2 is 2.17 bits per heavy atom. The van der Waals surface area contributed by atoms with Crippen LogP contribution in [0, 0.1) is 0 Å². The molecule has 1 fully saturated rings. The molecule has 7 heteroatoms. The highest BCUT2D eigenvalue weighted by molar-refractivity contribution is 8.18. The van der Waals surface area contributed by atoms with Crippen LogP contribution in [0.3, 0.4) is 0 Å². The number of ether oxygens (including phenoxy) is 1. The number of benzene rings is 1. The number of aromatic hydroxyl groups is 1. The normalized spacial score (nSPS) is 20.6. The standard InChI is InChI=1S/C17H21N3O3S/c1-3-19-6-8-20(9-7-19)17-18-16(22)15(24-17)11-12-4-5-13(21)14(10-12)23-2/h4-5,10-11,21H,3,6-9H2,1-2H3/p+1/b15-11-. The van der Waals surface area contributed by atoms with Crippen LogP contribution in [0.5, 0.6) is 11.5 Å². The van der Waals surface area contributed by atoms with Gasteiger partial charge in [0.05, 0.1) is 44.7 Å². The number of nitrogens with zero attached hydrogens (tertiary/aromatic N) is 2. The third-order valence-corrected chi connectivity index (χ3v) is 5.40. The van der Waals surface area contributed by atoms with Gasteiger partial charge in [0.1, 0.15) is 0 Å². The van der Waals surface area contributed by atoms with Crippen LogP contribution in [-0.4, -0.2) is 60.9 Å². The van der Waals surface area contributed by atoms with Crippen molar-refractivity contribution in [3.05, 3.63) is 28.7 Å². The molecule has 1 amide bonds. The van der Waals surface area contributed by atoms with Gasteiger partial charge in [-0.15, -0.1) is 0 Å². The molecule has 2 N–H and O–H groups in total. The van der Waals surface area contributed by atoms with Crippen LogP contribution in [0.2, 0.25) is 0 Å². The van der Waals surface area contributed by atoms with E-state index in [0.29, 0.717) is 10.7 Å². The SMILES string of the molecule is CC[NH+]1CCN(C2=NC(=O)/C(=C/c3ccc(O)c(OC)c3)S2)CC1. The van der Waals surface area contributed by atoms with Crippen molar-refractivity contribution in [1.82, 2.24) is 4.90 Å². The number of thioether (sulfide) groups is 1. The van der Waals surface area contributed by atoms with Gasteiger partial charge in [-0.1, -0.05) is 6.07 Å². The van der Waals surface area contributed by atoms with Gasteiger partial charge in [0, 0.05) is 0 Å². The summed E-state index contributed by atoms with van der Waals surface area (Å²) in [6.07, 6.45) is 1.79. The van der Waals surface area contributed by atoms with E-state index < -0.39 is 0 Å². The van der Waals surface area contributed by atoms with Gasteiger partial charge in [-0.3, -0.25) is 4.79 Å². The summed E-state index contributed by atoms with van der Waals surface area (Å²) in [4.78, 5) is 20.8. The van der Waals surface area contributed by atoms with Gasteiger partial charge < -0.3 is 19.6 Å². The van der Waals surface area contributed by atoms with Crippen molar-refractivity contribution in [3.63, 3.8) is 0 Å². The van der Waals surface area contributed by atoms with Crippen molar-refractivity contribution in [2.24, 2.45) is 4.99 Å². The molecule has 0 spiro atoms. The fourth-order valence-electron chi connectivity index (χ4n) is 2.84. The second-order valence-electron chi connectivity index (χ2n) is 5.83. The molecule has 0 saturated carbocycles. The number of piperazine rings is 1. The lowest BCUT2D eigenvalue weighted by molar-refractivity contribution is -0.902. The maximum atomic E-state index is 12.2. The summed E-state index contributed by atoms with van der Waals surface area (Å²) in [5, 5.41) is 10.5. The molecule has 2 aliphatic rings. The minimum Gasteiger partial charge on any atom is -0.504 e. The fourth-order valence-corrected chi connectivity index (χ4v) is 3.80. The van der Waals surface area contributed by atoms with Crippen molar-refractivity contribution in [3.8, 4) is 11.5 Å². The molecule has 128 valence electrons. The molecule has 0 radical (unpaired) electrons. The predicted molar refractivity (Wildman–Crippen MR) is 95.5 cm³/mol. The molecule has 1 aromatic carbocycles. The van der Waals surface area contributed by atoms with Crippen molar-refractivity contribution >= 4 is 28.9 Å². The molecule has 24 heavy (non-hydrogen) atoms. The van der Waals surface area contributed by atoms with E-state index in [2.05, 4.69) is 16.8 Å².